The van der Waals surface area contributed by atoms with Crippen molar-refractivity contribution in [3.63, 3.8) is 0 Å². The third-order valence-electron chi connectivity index (χ3n) is 5.48. The molecule has 2 aromatic carbocycles. The summed E-state index contributed by atoms with van der Waals surface area (Å²) in [7, 11) is 3.70. The van der Waals surface area contributed by atoms with Crippen LogP contribution in [-0.4, -0.2) is 34.0 Å². The lowest BCUT2D eigenvalue weighted by Gasteiger charge is -2.24. The third-order valence-corrected chi connectivity index (χ3v) is 5.48. The number of nitrogens with zero attached hydrogens (tertiary/aromatic N) is 3. The van der Waals surface area contributed by atoms with Gasteiger partial charge in [-0.25, -0.2) is 4.98 Å². The summed E-state index contributed by atoms with van der Waals surface area (Å²) in [6.07, 6.45) is 3.27. The van der Waals surface area contributed by atoms with Crippen molar-refractivity contribution < 1.29 is 9.53 Å². The molecule has 5 heteroatoms. The molecule has 0 bridgehead atoms. The summed E-state index contributed by atoms with van der Waals surface area (Å²) in [5.41, 5.74) is 3.26. The fraction of sp³-hybridized carbons (Fsp3) is 0.364. The SMILES string of the molecule is COc1ccc(CCC(=O)N2CCC[C@@H]2c2nc3ccccc3n2C)cc1. The molecule has 0 saturated carbocycles. The van der Waals surface area contributed by atoms with Crippen molar-refractivity contribution in [1.82, 2.24) is 14.5 Å². The van der Waals surface area contributed by atoms with Gasteiger partial charge in [0, 0.05) is 20.0 Å². The minimum absolute atomic E-state index is 0.0748. The van der Waals surface area contributed by atoms with E-state index in [2.05, 4.69) is 10.6 Å². The van der Waals surface area contributed by atoms with Gasteiger partial charge in [-0.15, -0.1) is 0 Å². The zero-order valence-corrected chi connectivity index (χ0v) is 15.9. The van der Waals surface area contributed by atoms with E-state index in [-0.39, 0.29) is 11.9 Å². The van der Waals surface area contributed by atoms with Crippen LogP contribution in [-0.2, 0) is 18.3 Å². The predicted molar refractivity (Wildman–Crippen MR) is 106 cm³/mol. The molecule has 140 valence electrons. The Labute approximate surface area is 159 Å². The number of carbonyl (C=O) groups is 1. The Kier molecular flexibility index (Phi) is 4.84. The van der Waals surface area contributed by atoms with Crippen LogP contribution in [0.2, 0.25) is 0 Å². The average molecular weight is 363 g/mol. The Balaban J connectivity index is 1.48. The highest BCUT2D eigenvalue weighted by Gasteiger charge is 2.32. The third kappa shape index (κ3) is 3.42. The van der Waals surface area contributed by atoms with Crippen LogP contribution in [0.3, 0.4) is 0 Å². The molecule has 0 N–H and O–H groups in total. The second-order valence-electron chi connectivity index (χ2n) is 7.11. The maximum Gasteiger partial charge on any atom is 0.223 e. The number of hydrogen-bond acceptors (Lipinski definition) is 3. The molecular weight excluding hydrogens is 338 g/mol. The molecule has 1 aliphatic rings. The normalized spacial score (nSPS) is 16.8. The minimum Gasteiger partial charge on any atom is -0.497 e. The van der Waals surface area contributed by atoms with E-state index in [1.165, 1.54) is 0 Å². The first kappa shape index (κ1) is 17.6. The average Bonchev–Trinajstić information content (AvgIpc) is 3.31. The molecule has 1 saturated heterocycles. The molecular formula is C22H25N3O2. The highest BCUT2D eigenvalue weighted by molar-refractivity contribution is 5.78. The summed E-state index contributed by atoms with van der Waals surface area (Å²) in [5.74, 6) is 2.04. The summed E-state index contributed by atoms with van der Waals surface area (Å²) in [4.78, 5) is 19.8. The molecule has 4 rings (SSSR count). The first-order valence-corrected chi connectivity index (χ1v) is 9.51. The monoisotopic (exact) mass is 363 g/mol. The molecule has 0 radical (unpaired) electrons. The maximum absolute atomic E-state index is 12.9. The van der Waals surface area contributed by atoms with Crippen LogP contribution >= 0.6 is 0 Å². The number of ether oxygens (including phenoxy) is 1. The van der Waals surface area contributed by atoms with Gasteiger partial charge in [0.2, 0.25) is 5.91 Å². The molecule has 0 spiro atoms. The van der Waals surface area contributed by atoms with Crippen molar-refractivity contribution in [3.05, 3.63) is 59.9 Å². The van der Waals surface area contributed by atoms with Crippen molar-refractivity contribution >= 4 is 16.9 Å². The Morgan fingerprint density at radius 2 is 1.96 bits per heavy atom. The molecule has 0 aliphatic carbocycles. The molecule has 0 unspecified atom stereocenters. The van der Waals surface area contributed by atoms with Gasteiger partial charge in [0.25, 0.3) is 0 Å². The standard InChI is InChI=1S/C22H25N3O2/c1-24-19-7-4-3-6-18(19)23-22(24)20-8-5-15-25(20)21(26)14-11-16-9-12-17(27-2)13-10-16/h3-4,6-7,9-10,12-13,20H,5,8,11,14-15H2,1-2H3/t20-/m1/s1. The summed E-state index contributed by atoms with van der Waals surface area (Å²) >= 11 is 0. The fourth-order valence-corrected chi connectivity index (χ4v) is 3.98. The van der Waals surface area contributed by atoms with Crippen molar-refractivity contribution in [2.45, 2.75) is 31.7 Å². The Hall–Kier alpha value is -2.82. The Bertz CT molecular complexity index is 946. The van der Waals surface area contributed by atoms with Crippen LogP contribution in [0.1, 0.15) is 36.7 Å². The Morgan fingerprint density at radius 1 is 1.19 bits per heavy atom. The fourth-order valence-electron chi connectivity index (χ4n) is 3.98. The smallest absolute Gasteiger partial charge is 0.223 e. The van der Waals surface area contributed by atoms with Gasteiger partial charge in [-0.1, -0.05) is 24.3 Å². The van der Waals surface area contributed by atoms with Crippen molar-refractivity contribution in [2.75, 3.05) is 13.7 Å². The highest BCUT2D eigenvalue weighted by Crippen LogP contribution is 2.33. The number of benzene rings is 2. The van der Waals surface area contributed by atoms with Gasteiger partial charge in [0.15, 0.2) is 0 Å². The van der Waals surface area contributed by atoms with E-state index < -0.39 is 0 Å². The van der Waals surface area contributed by atoms with Crippen molar-refractivity contribution in [3.8, 4) is 5.75 Å². The van der Waals surface area contributed by atoms with Crippen LogP contribution in [0.25, 0.3) is 11.0 Å². The molecule has 27 heavy (non-hydrogen) atoms. The number of imidazole rings is 1. The number of aromatic nitrogens is 2. The second-order valence-corrected chi connectivity index (χ2v) is 7.11. The van der Waals surface area contributed by atoms with Gasteiger partial charge in [-0.05, 0) is 49.1 Å². The number of likely N-dealkylation sites (tertiary alicyclic amines) is 1. The van der Waals surface area contributed by atoms with Crippen LogP contribution in [0.4, 0.5) is 0 Å². The number of hydrogen-bond donors (Lipinski definition) is 0. The number of para-hydroxylation sites is 2. The molecule has 1 amide bonds. The van der Waals surface area contributed by atoms with E-state index >= 15 is 0 Å². The van der Waals surface area contributed by atoms with Crippen LogP contribution in [0, 0.1) is 0 Å². The lowest BCUT2D eigenvalue weighted by molar-refractivity contribution is -0.132. The zero-order valence-electron chi connectivity index (χ0n) is 15.9. The maximum atomic E-state index is 12.9. The zero-order chi connectivity index (χ0) is 18.8. The van der Waals surface area contributed by atoms with E-state index in [0.29, 0.717) is 6.42 Å². The van der Waals surface area contributed by atoms with Gasteiger partial charge < -0.3 is 14.2 Å². The van der Waals surface area contributed by atoms with E-state index in [9.17, 15) is 4.79 Å². The number of rotatable bonds is 5. The summed E-state index contributed by atoms with van der Waals surface area (Å²) < 4.78 is 7.32. The number of aryl methyl sites for hydroxylation is 2. The Morgan fingerprint density at radius 3 is 2.70 bits per heavy atom. The van der Waals surface area contributed by atoms with Crippen molar-refractivity contribution in [1.29, 1.82) is 0 Å². The molecule has 1 atom stereocenters. The van der Waals surface area contributed by atoms with Gasteiger partial charge in [-0.2, -0.15) is 0 Å². The summed E-state index contributed by atoms with van der Waals surface area (Å²) in [6.45, 7) is 0.815. The molecule has 2 heterocycles. The molecule has 3 aromatic rings. The number of methoxy groups -OCH3 is 1. The van der Waals surface area contributed by atoms with Gasteiger partial charge >= 0.3 is 0 Å². The lowest BCUT2D eigenvalue weighted by Crippen LogP contribution is -2.32. The molecule has 1 fully saturated rings. The lowest BCUT2D eigenvalue weighted by atomic mass is 10.1. The van der Waals surface area contributed by atoms with Gasteiger partial charge in [0.1, 0.15) is 11.6 Å². The van der Waals surface area contributed by atoms with E-state index in [1.54, 1.807) is 7.11 Å². The predicted octanol–water partition coefficient (Wildman–Crippen LogP) is 3.88. The van der Waals surface area contributed by atoms with Gasteiger partial charge in [0.05, 0.1) is 24.2 Å². The van der Waals surface area contributed by atoms with E-state index in [0.717, 1.165) is 54.0 Å². The van der Waals surface area contributed by atoms with Crippen molar-refractivity contribution in [2.24, 2.45) is 7.05 Å². The first-order chi connectivity index (χ1) is 13.2. The minimum atomic E-state index is 0.0748. The number of amides is 1. The van der Waals surface area contributed by atoms with Crippen LogP contribution < -0.4 is 4.74 Å². The highest BCUT2D eigenvalue weighted by atomic mass is 16.5. The molecule has 5 nitrogen and oxygen atoms in total. The summed E-state index contributed by atoms with van der Waals surface area (Å²) in [5, 5.41) is 0. The van der Waals surface area contributed by atoms with Crippen LogP contribution in [0.5, 0.6) is 5.75 Å². The van der Waals surface area contributed by atoms with E-state index in [4.69, 9.17) is 9.72 Å². The second kappa shape index (κ2) is 7.43. The largest absolute Gasteiger partial charge is 0.497 e. The number of carbonyl (C=O) groups excluding carboxylic acids is 1. The molecule has 1 aliphatic heterocycles. The number of fused-ring (bicyclic) bond motifs is 1. The van der Waals surface area contributed by atoms with Gasteiger partial charge in [-0.3, -0.25) is 4.79 Å². The first-order valence-electron chi connectivity index (χ1n) is 9.51. The quantitative estimate of drug-likeness (QED) is 0.691. The van der Waals surface area contributed by atoms with Crippen LogP contribution in [0.15, 0.2) is 48.5 Å². The summed E-state index contributed by atoms with van der Waals surface area (Å²) in [6, 6.07) is 16.2. The molecule has 1 aromatic heterocycles. The topological polar surface area (TPSA) is 47.4 Å². The van der Waals surface area contributed by atoms with E-state index in [1.807, 2.05) is 54.4 Å².